The maximum atomic E-state index is 11.2. The molecule has 0 saturated heterocycles. The number of aliphatic hydroxyl groups excluding tert-OH is 1. The summed E-state index contributed by atoms with van der Waals surface area (Å²) in [5.74, 6) is 0.409. The number of benzene rings is 2. The molecule has 0 amide bonds. The fourth-order valence-electron chi connectivity index (χ4n) is 6.11. The Balaban J connectivity index is 1.77. The van der Waals surface area contributed by atoms with E-state index in [4.69, 9.17) is 13.9 Å². The van der Waals surface area contributed by atoms with Gasteiger partial charge in [0.25, 0.3) is 8.32 Å². The standard InChI is InChI=1S/C34H47IO4Si/c1-25(2)31-19-18-26(3)33(38-24-37-7)32(31)23-28(36)22-27(35)20-21-39-40(34(4,5)6,29-14-10-8-11-15-29)30-16-12-9-13-17-30/h8-18,22,28,31-33,36H,1,19-21,23-24H2,2-7H3/b27-22+/t28?,31-,32-,33-/m0/s1. The molecule has 1 aliphatic carbocycles. The highest BCUT2D eigenvalue weighted by atomic mass is 127. The number of halogens is 1. The van der Waals surface area contributed by atoms with Gasteiger partial charge in [-0.05, 0) is 91.8 Å². The molecule has 40 heavy (non-hydrogen) atoms. The molecule has 2 aromatic carbocycles. The van der Waals surface area contributed by atoms with Gasteiger partial charge in [-0.2, -0.15) is 0 Å². The summed E-state index contributed by atoms with van der Waals surface area (Å²) in [6.07, 6.45) is 5.85. The van der Waals surface area contributed by atoms with E-state index in [-0.39, 0.29) is 29.8 Å². The van der Waals surface area contributed by atoms with Crippen LogP contribution in [0.3, 0.4) is 0 Å². The zero-order valence-electron chi connectivity index (χ0n) is 25.0. The van der Waals surface area contributed by atoms with Gasteiger partial charge in [-0.15, -0.1) is 0 Å². The molecule has 3 rings (SSSR count). The van der Waals surface area contributed by atoms with Gasteiger partial charge in [0.1, 0.15) is 6.79 Å². The van der Waals surface area contributed by atoms with Gasteiger partial charge in [0.2, 0.25) is 0 Å². The largest absolute Gasteiger partial charge is 0.407 e. The van der Waals surface area contributed by atoms with Crippen LogP contribution in [0.4, 0.5) is 0 Å². The molecule has 0 aliphatic heterocycles. The normalized spacial score (nSPS) is 21.1. The van der Waals surface area contributed by atoms with Gasteiger partial charge < -0.3 is 19.0 Å². The quantitative estimate of drug-likeness (QED) is 0.106. The fourth-order valence-corrected chi connectivity index (χ4v) is 11.3. The van der Waals surface area contributed by atoms with Crippen molar-refractivity contribution < 1.29 is 19.0 Å². The highest BCUT2D eigenvalue weighted by Crippen LogP contribution is 2.39. The van der Waals surface area contributed by atoms with Crippen molar-refractivity contribution in [3.63, 3.8) is 0 Å². The molecule has 0 heterocycles. The van der Waals surface area contributed by atoms with E-state index in [0.717, 1.165) is 22.0 Å². The van der Waals surface area contributed by atoms with Crippen LogP contribution in [0.15, 0.2) is 94.1 Å². The lowest BCUT2D eigenvalue weighted by atomic mass is 9.72. The molecule has 4 nitrogen and oxygen atoms in total. The molecule has 218 valence electrons. The number of aliphatic hydroxyl groups is 1. The first kappa shape index (κ1) is 33.0. The maximum Gasteiger partial charge on any atom is 0.261 e. The van der Waals surface area contributed by atoms with Gasteiger partial charge in [0, 0.05) is 20.1 Å². The lowest BCUT2D eigenvalue weighted by Crippen LogP contribution is -2.66. The topological polar surface area (TPSA) is 47.9 Å². The summed E-state index contributed by atoms with van der Waals surface area (Å²) in [7, 11) is -0.939. The van der Waals surface area contributed by atoms with E-state index in [2.05, 4.69) is 131 Å². The first-order valence-electron chi connectivity index (χ1n) is 14.2. The van der Waals surface area contributed by atoms with E-state index in [0.29, 0.717) is 13.0 Å². The Labute approximate surface area is 256 Å². The molecule has 6 heteroatoms. The Kier molecular flexibility index (Phi) is 12.4. The average molecular weight is 675 g/mol. The molecule has 0 saturated carbocycles. The first-order valence-corrected chi connectivity index (χ1v) is 17.2. The summed E-state index contributed by atoms with van der Waals surface area (Å²) in [6, 6.07) is 21.4. The van der Waals surface area contributed by atoms with Gasteiger partial charge in [0.05, 0.1) is 12.2 Å². The van der Waals surface area contributed by atoms with Gasteiger partial charge in [0.15, 0.2) is 0 Å². The molecule has 1 unspecified atom stereocenters. The Morgan fingerprint density at radius 1 is 1.10 bits per heavy atom. The maximum absolute atomic E-state index is 11.2. The predicted octanol–water partition coefficient (Wildman–Crippen LogP) is 7.17. The lowest BCUT2D eigenvalue weighted by molar-refractivity contribution is -0.0904. The van der Waals surface area contributed by atoms with Crippen molar-refractivity contribution in [2.24, 2.45) is 11.8 Å². The van der Waals surface area contributed by atoms with Gasteiger partial charge in [-0.1, -0.05) is 99.7 Å². The van der Waals surface area contributed by atoms with E-state index in [1.807, 2.05) is 6.08 Å². The van der Waals surface area contributed by atoms with Crippen LogP contribution in [0.2, 0.25) is 5.04 Å². The average Bonchev–Trinajstić information content (AvgIpc) is 2.91. The second-order valence-electron chi connectivity index (χ2n) is 12.0. The van der Waals surface area contributed by atoms with Crippen molar-refractivity contribution in [2.75, 3.05) is 20.5 Å². The molecule has 0 aromatic heterocycles. The van der Waals surface area contributed by atoms with Crippen LogP contribution in [0.25, 0.3) is 0 Å². The molecule has 0 radical (unpaired) electrons. The zero-order valence-corrected chi connectivity index (χ0v) is 28.2. The third-order valence-corrected chi connectivity index (χ3v) is 14.0. The Morgan fingerprint density at radius 3 is 2.17 bits per heavy atom. The molecule has 1 N–H and O–H groups in total. The van der Waals surface area contributed by atoms with E-state index in [1.165, 1.54) is 15.9 Å². The first-order chi connectivity index (χ1) is 19.0. The number of ether oxygens (including phenoxy) is 2. The van der Waals surface area contributed by atoms with Crippen molar-refractivity contribution in [3.8, 4) is 0 Å². The Bertz CT molecular complexity index is 1100. The molecular weight excluding hydrogens is 627 g/mol. The van der Waals surface area contributed by atoms with Gasteiger partial charge in [-0.3, -0.25) is 0 Å². The second-order valence-corrected chi connectivity index (χ2v) is 17.7. The van der Waals surface area contributed by atoms with Crippen molar-refractivity contribution >= 4 is 41.3 Å². The van der Waals surface area contributed by atoms with E-state index in [9.17, 15) is 5.11 Å². The van der Waals surface area contributed by atoms with Crippen LogP contribution < -0.4 is 10.4 Å². The van der Waals surface area contributed by atoms with E-state index in [1.54, 1.807) is 7.11 Å². The van der Waals surface area contributed by atoms with Gasteiger partial charge >= 0.3 is 0 Å². The minimum Gasteiger partial charge on any atom is -0.407 e. The van der Waals surface area contributed by atoms with Crippen LogP contribution in [-0.2, 0) is 13.9 Å². The van der Waals surface area contributed by atoms with Crippen LogP contribution in [0, 0.1) is 11.8 Å². The summed E-state index contributed by atoms with van der Waals surface area (Å²) >= 11 is 2.36. The number of methoxy groups -OCH3 is 1. The third-order valence-electron chi connectivity index (χ3n) is 8.01. The van der Waals surface area contributed by atoms with Crippen LogP contribution in [0.1, 0.15) is 53.9 Å². The minimum atomic E-state index is -2.58. The summed E-state index contributed by atoms with van der Waals surface area (Å²) < 4.78 is 19.4. The minimum absolute atomic E-state index is 0.0640. The predicted molar refractivity (Wildman–Crippen MR) is 178 cm³/mol. The van der Waals surface area contributed by atoms with Crippen LogP contribution in [0.5, 0.6) is 0 Å². The van der Waals surface area contributed by atoms with E-state index < -0.39 is 14.4 Å². The zero-order chi connectivity index (χ0) is 29.3. The molecule has 0 bridgehead atoms. The van der Waals surface area contributed by atoms with E-state index >= 15 is 0 Å². The fraction of sp³-hybridized carbons (Fsp3) is 0.471. The number of allylic oxidation sites excluding steroid dienone is 2. The molecule has 2 aromatic rings. The van der Waals surface area contributed by atoms with Crippen molar-refractivity contribution in [1.29, 1.82) is 0 Å². The number of hydrogen-bond donors (Lipinski definition) is 1. The summed E-state index contributed by atoms with van der Waals surface area (Å²) in [6.45, 7) is 16.1. The van der Waals surface area contributed by atoms with Crippen LogP contribution in [-0.4, -0.2) is 46.1 Å². The van der Waals surface area contributed by atoms with Crippen molar-refractivity contribution in [1.82, 2.24) is 0 Å². The number of hydrogen-bond acceptors (Lipinski definition) is 4. The highest BCUT2D eigenvalue weighted by Gasteiger charge is 2.50. The second kappa shape index (κ2) is 15.1. The van der Waals surface area contributed by atoms with Crippen molar-refractivity contribution in [3.05, 3.63) is 94.1 Å². The van der Waals surface area contributed by atoms with Crippen molar-refractivity contribution in [2.45, 2.75) is 71.1 Å². The Morgan fingerprint density at radius 2 is 1.68 bits per heavy atom. The van der Waals surface area contributed by atoms with Gasteiger partial charge in [-0.25, -0.2) is 0 Å². The molecule has 0 fully saturated rings. The van der Waals surface area contributed by atoms with Crippen LogP contribution >= 0.6 is 22.6 Å². The third kappa shape index (κ3) is 8.05. The SMILES string of the molecule is C=C(C)[C@@H]1CC=C(C)[C@H](OCOC)[C@H]1CC(O)/C=C(/I)CCO[Si](c1ccccc1)(c1ccccc1)C(C)(C)C. The summed E-state index contributed by atoms with van der Waals surface area (Å²) in [4.78, 5) is 0. The summed E-state index contributed by atoms with van der Waals surface area (Å²) in [5, 5.41) is 13.7. The highest BCUT2D eigenvalue weighted by molar-refractivity contribution is 14.1. The Hall–Kier alpha value is -1.55. The summed E-state index contributed by atoms with van der Waals surface area (Å²) in [5.41, 5.74) is 2.33. The smallest absolute Gasteiger partial charge is 0.261 e. The monoisotopic (exact) mass is 674 g/mol. The number of rotatable bonds is 13. The molecule has 4 atom stereocenters. The molecular formula is C34H47IO4Si. The molecule has 0 spiro atoms. The molecule has 1 aliphatic rings. The lowest BCUT2D eigenvalue weighted by Gasteiger charge is -2.43.